The quantitative estimate of drug-likeness (QED) is 0.0469. The van der Waals surface area contributed by atoms with Crippen molar-refractivity contribution in [3.63, 3.8) is 0 Å². The van der Waals surface area contributed by atoms with E-state index in [1.54, 1.807) is 0 Å². The molecule has 0 spiro atoms. The minimum atomic E-state index is -2.60. The van der Waals surface area contributed by atoms with Crippen LogP contribution in [0, 0.1) is 0 Å². The molecule has 8 heteroatoms. The van der Waals surface area contributed by atoms with E-state index in [4.69, 9.17) is 18.3 Å². The van der Waals surface area contributed by atoms with Gasteiger partial charge in [0.05, 0.1) is 13.2 Å². The first-order valence-electron chi connectivity index (χ1n) is 18.2. The standard InChI is InChI=1S/C43H56O6Si2/c1-42(2,3)50(36-23-11-7-12-24-36,37-25-13-8-14-26-37)48-33-21-19-31-46-40(44)35-41(45)47-32-20-22-34-49-51(43(4,5)6,38-27-15-9-16-28-38)39-29-17-10-18-30-39/h7-18,23-30H,19-22,31-35H2,1-6H3. The van der Waals surface area contributed by atoms with Crippen LogP contribution in [0.4, 0.5) is 0 Å². The molecule has 0 N–H and O–H groups in total. The van der Waals surface area contributed by atoms with Gasteiger partial charge >= 0.3 is 11.9 Å². The van der Waals surface area contributed by atoms with E-state index in [1.807, 2.05) is 24.3 Å². The van der Waals surface area contributed by atoms with Gasteiger partial charge in [-0.1, -0.05) is 163 Å². The molecule has 0 aliphatic rings. The number of esters is 2. The average molecular weight is 725 g/mol. The highest BCUT2D eigenvalue weighted by Crippen LogP contribution is 2.38. The van der Waals surface area contributed by atoms with E-state index in [9.17, 15) is 9.59 Å². The molecule has 0 fully saturated rings. The summed E-state index contributed by atoms with van der Waals surface area (Å²) >= 11 is 0. The van der Waals surface area contributed by atoms with Crippen LogP contribution in [-0.4, -0.2) is 55.0 Å². The maximum Gasteiger partial charge on any atom is 0.317 e. The van der Waals surface area contributed by atoms with Crippen LogP contribution in [-0.2, 0) is 27.9 Å². The predicted molar refractivity (Wildman–Crippen MR) is 212 cm³/mol. The van der Waals surface area contributed by atoms with E-state index in [0.29, 0.717) is 26.1 Å². The van der Waals surface area contributed by atoms with Crippen LogP contribution in [0.1, 0.15) is 73.6 Å². The van der Waals surface area contributed by atoms with Crippen LogP contribution in [0.2, 0.25) is 10.1 Å². The van der Waals surface area contributed by atoms with Crippen molar-refractivity contribution in [1.82, 2.24) is 0 Å². The number of rotatable bonds is 18. The Morgan fingerprint density at radius 1 is 0.431 bits per heavy atom. The third kappa shape index (κ3) is 10.2. The normalized spacial score (nSPS) is 12.4. The highest BCUT2D eigenvalue weighted by Gasteiger charge is 2.51. The van der Waals surface area contributed by atoms with Crippen LogP contribution in [0.5, 0.6) is 0 Å². The SMILES string of the molecule is CC(C)(C)[Si](OCCCCOC(=O)CC(=O)OCCCCO[Si](c1ccccc1)(c1ccccc1)C(C)(C)C)(c1ccccc1)c1ccccc1. The molecule has 0 heterocycles. The van der Waals surface area contributed by atoms with Crippen LogP contribution in [0.15, 0.2) is 121 Å². The molecule has 4 rings (SSSR count). The second-order valence-corrected chi connectivity index (χ2v) is 23.7. The van der Waals surface area contributed by atoms with Gasteiger partial charge in [-0.3, -0.25) is 9.59 Å². The highest BCUT2D eigenvalue weighted by atomic mass is 28.4. The topological polar surface area (TPSA) is 71.1 Å². The van der Waals surface area contributed by atoms with Gasteiger partial charge in [-0.05, 0) is 56.5 Å². The Morgan fingerprint density at radius 2 is 0.686 bits per heavy atom. The summed E-state index contributed by atoms with van der Waals surface area (Å²) in [7, 11) is -5.20. The Balaban J connectivity index is 1.19. The summed E-state index contributed by atoms with van der Waals surface area (Å²) < 4.78 is 24.6. The predicted octanol–water partition coefficient (Wildman–Crippen LogP) is 7.18. The molecule has 0 aromatic heterocycles. The molecule has 4 aromatic carbocycles. The zero-order valence-electron chi connectivity index (χ0n) is 31.4. The fourth-order valence-corrected chi connectivity index (χ4v) is 16.2. The molecule has 272 valence electrons. The van der Waals surface area contributed by atoms with Crippen molar-refractivity contribution < 1.29 is 27.9 Å². The molecule has 0 unspecified atom stereocenters. The minimum Gasteiger partial charge on any atom is -0.465 e. The van der Waals surface area contributed by atoms with Gasteiger partial charge < -0.3 is 18.3 Å². The molecule has 4 aromatic rings. The van der Waals surface area contributed by atoms with E-state index in [0.717, 1.165) is 12.8 Å². The van der Waals surface area contributed by atoms with Crippen molar-refractivity contribution in [3.05, 3.63) is 121 Å². The monoisotopic (exact) mass is 724 g/mol. The Hall–Kier alpha value is -3.83. The molecular formula is C43H56O6Si2. The Kier molecular flexibility index (Phi) is 14.6. The Labute approximate surface area is 307 Å². The van der Waals surface area contributed by atoms with Gasteiger partial charge in [0.2, 0.25) is 0 Å². The van der Waals surface area contributed by atoms with E-state index < -0.39 is 35.0 Å². The fraction of sp³-hybridized carbons (Fsp3) is 0.395. The Morgan fingerprint density at radius 3 is 0.941 bits per heavy atom. The van der Waals surface area contributed by atoms with E-state index in [2.05, 4.69) is 139 Å². The van der Waals surface area contributed by atoms with Crippen molar-refractivity contribution in [2.45, 2.75) is 83.7 Å². The molecule has 0 aliphatic carbocycles. The van der Waals surface area contributed by atoms with Crippen molar-refractivity contribution in [2.24, 2.45) is 0 Å². The summed E-state index contributed by atoms with van der Waals surface area (Å²) in [5.41, 5.74) is 0. The third-order valence-corrected chi connectivity index (χ3v) is 19.4. The van der Waals surface area contributed by atoms with Gasteiger partial charge in [0.1, 0.15) is 6.42 Å². The molecule has 6 nitrogen and oxygen atoms in total. The molecule has 0 saturated carbocycles. The zero-order chi connectivity index (χ0) is 36.8. The van der Waals surface area contributed by atoms with Gasteiger partial charge in [0.25, 0.3) is 16.6 Å². The van der Waals surface area contributed by atoms with Crippen LogP contribution < -0.4 is 20.7 Å². The number of hydrogen-bond donors (Lipinski definition) is 0. The zero-order valence-corrected chi connectivity index (χ0v) is 33.4. The second kappa shape index (κ2) is 18.6. The van der Waals surface area contributed by atoms with Gasteiger partial charge in [-0.2, -0.15) is 0 Å². The highest BCUT2D eigenvalue weighted by molar-refractivity contribution is 7.00. The van der Waals surface area contributed by atoms with Crippen molar-refractivity contribution in [1.29, 1.82) is 0 Å². The van der Waals surface area contributed by atoms with Gasteiger partial charge in [-0.25, -0.2) is 0 Å². The van der Waals surface area contributed by atoms with Gasteiger partial charge in [0, 0.05) is 13.2 Å². The fourth-order valence-electron chi connectivity index (χ4n) is 6.97. The summed E-state index contributed by atoms with van der Waals surface area (Å²) in [6, 6.07) is 42.2. The van der Waals surface area contributed by atoms with Crippen LogP contribution >= 0.6 is 0 Å². The number of carbonyl (C=O) groups excluding carboxylic acids is 2. The summed E-state index contributed by atoms with van der Waals surface area (Å²) in [5, 5.41) is 4.75. The molecule has 0 amide bonds. The minimum absolute atomic E-state index is 0.0986. The molecule has 51 heavy (non-hydrogen) atoms. The number of benzene rings is 4. The smallest absolute Gasteiger partial charge is 0.317 e. The number of carbonyl (C=O) groups is 2. The largest absolute Gasteiger partial charge is 0.465 e. The third-order valence-electron chi connectivity index (χ3n) is 9.36. The first-order chi connectivity index (χ1) is 24.4. The molecule has 0 atom stereocenters. The maximum atomic E-state index is 12.4. The second-order valence-electron chi connectivity index (χ2n) is 15.1. The van der Waals surface area contributed by atoms with Gasteiger partial charge in [-0.15, -0.1) is 0 Å². The summed E-state index contributed by atoms with van der Waals surface area (Å²) in [6.45, 7) is 15.1. The lowest BCUT2D eigenvalue weighted by Crippen LogP contribution is -2.66. The van der Waals surface area contributed by atoms with Gasteiger partial charge in [0.15, 0.2) is 0 Å². The first-order valence-corrected chi connectivity index (χ1v) is 22.0. The van der Waals surface area contributed by atoms with E-state index >= 15 is 0 Å². The first kappa shape index (κ1) is 40.0. The molecule has 0 aliphatic heterocycles. The molecule has 0 radical (unpaired) electrons. The van der Waals surface area contributed by atoms with Crippen molar-refractivity contribution in [2.75, 3.05) is 26.4 Å². The Bertz CT molecular complexity index is 1420. The lowest BCUT2D eigenvalue weighted by molar-refractivity contribution is -0.154. The molecule has 0 saturated heterocycles. The maximum absolute atomic E-state index is 12.4. The number of hydrogen-bond acceptors (Lipinski definition) is 6. The van der Waals surface area contributed by atoms with E-state index in [-0.39, 0.29) is 23.3 Å². The average Bonchev–Trinajstić information content (AvgIpc) is 3.11. The number of ether oxygens (including phenoxy) is 2. The van der Waals surface area contributed by atoms with E-state index in [1.165, 1.54) is 20.7 Å². The van der Waals surface area contributed by atoms with Crippen molar-refractivity contribution >= 4 is 49.3 Å². The molecular weight excluding hydrogens is 669 g/mol. The lowest BCUT2D eigenvalue weighted by atomic mass is 10.2. The van der Waals surface area contributed by atoms with Crippen LogP contribution in [0.25, 0.3) is 0 Å². The van der Waals surface area contributed by atoms with Crippen molar-refractivity contribution in [3.8, 4) is 0 Å². The summed E-state index contributed by atoms with van der Waals surface area (Å²) in [6.07, 6.45) is 2.36. The van der Waals surface area contributed by atoms with Crippen LogP contribution in [0.3, 0.4) is 0 Å². The number of unbranched alkanes of at least 4 members (excludes halogenated alkanes) is 2. The summed E-state index contributed by atoms with van der Waals surface area (Å²) in [5.74, 6) is -1.13. The lowest BCUT2D eigenvalue weighted by Gasteiger charge is -2.43. The molecule has 0 bridgehead atoms. The summed E-state index contributed by atoms with van der Waals surface area (Å²) in [4.78, 5) is 24.8.